The van der Waals surface area contributed by atoms with E-state index in [9.17, 15) is 4.79 Å². The van der Waals surface area contributed by atoms with Crippen LogP contribution in [0.1, 0.15) is 36.8 Å². The summed E-state index contributed by atoms with van der Waals surface area (Å²) < 4.78 is 5.09. The standard InChI is InChI=1S/C18H24N4O2/c1-5-24-17(23)14-8-6-7-9-15(14)21-18-20-13(4)10-16(22-18)19-11-12(2)3/h6-10,12H,5,11H2,1-4H3,(H2,19,20,21,22). The van der Waals surface area contributed by atoms with E-state index in [0.29, 0.717) is 29.7 Å². The molecule has 0 aliphatic heterocycles. The molecular weight excluding hydrogens is 304 g/mol. The van der Waals surface area contributed by atoms with E-state index in [-0.39, 0.29) is 5.97 Å². The predicted octanol–water partition coefficient (Wildman–Crippen LogP) is 3.77. The van der Waals surface area contributed by atoms with Crippen LogP contribution in [0.4, 0.5) is 17.5 Å². The van der Waals surface area contributed by atoms with Gasteiger partial charge >= 0.3 is 5.97 Å². The number of carbonyl (C=O) groups is 1. The third-order valence-corrected chi connectivity index (χ3v) is 3.21. The molecule has 1 aromatic heterocycles. The Balaban J connectivity index is 2.23. The normalized spacial score (nSPS) is 10.5. The predicted molar refractivity (Wildman–Crippen MR) is 95.8 cm³/mol. The van der Waals surface area contributed by atoms with Crippen molar-refractivity contribution < 1.29 is 9.53 Å². The maximum Gasteiger partial charge on any atom is 0.340 e. The fourth-order valence-electron chi connectivity index (χ4n) is 2.12. The van der Waals surface area contributed by atoms with Crippen molar-refractivity contribution in [3.63, 3.8) is 0 Å². The molecule has 0 aliphatic carbocycles. The highest BCUT2D eigenvalue weighted by Gasteiger charge is 2.13. The van der Waals surface area contributed by atoms with Crippen molar-refractivity contribution in [2.24, 2.45) is 5.92 Å². The molecule has 0 bridgehead atoms. The summed E-state index contributed by atoms with van der Waals surface area (Å²) in [6.45, 7) is 9.12. The summed E-state index contributed by atoms with van der Waals surface area (Å²) in [5, 5.41) is 6.40. The maximum atomic E-state index is 12.1. The average molecular weight is 328 g/mol. The molecule has 24 heavy (non-hydrogen) atoms. The Morgan fingerprint density at radius 1 is 1.25 bits per heavy atom. The van der Waals surface area contributed by atoms with Gasteiger partial charge in [-0.2, -0.15) is 4.98 Å². The highest BCUT2D eigenvalue weighted by atomic mass is 16.5. The van der Waals surface area contributed by atoms with Gasteiger partial charge in [0, 0.05) is 18.3 Å². The minimum atomic E-state index is -0.369. The first-order valence-corrected chi connectivity index (χ1v) is 8.12. The summed E-state index contributed by atoms with van der Waals surface area (Å²) in [6.07, 6.45) is 0. The van der Waals surface area contributed by atoms with Crippen molar-refractivity contribution in [1.82, 2.24) is 9.97 Å². The lowest BCUT2D eigenvalue weighted by molar-refractivity contribution is 0.0527. The lowest BCUT2D eigenvalue weighted by atomic mass is 10.2. The van der Waals surface area contributed by atoms with Gasteiger partial charge < -0.3 is 15.4 Å². The number of nitrogens with zero attached hydrogens (tertiary/aromatic N) is 2. The molecule has 0 fully saturated rings. The Morgan fingerprint density at radius 3 is 2.71 bits per heavy atom. The molecule has 2 rings (SSSR count). The summed E-state index contributed by atoms with van der Waals surface area (Å²) in [5.41, 5.74) is 1.92. The van der Waals surface area contributed by atoms with Crippen LogP contribution in [0.2, 0.25) is 0 Å². The first kappa shape index (κ1) is 17.7. The minimum absolute atomic E-state index is 0.331. The van der Waals surface area contributed by atoms with Crippen LogP contribution in [0, 0.1) is 12.8 Å². The van der Waals surface area contributed by atoms with E-state index in [0.717, 1.165) is 18.1 Å². The molecule has 0 atom stereocenters. The van der Waals surface area contributed by atoms with E-state index in [2.05, 4.69) is 34.4 Å². The number of aryl methyl sites for hydroxylation is 1. The highest BCUT2D eigenvalue weighted by Crippen LogP contribution is 2.21. The number of para-hydroxylation sites is 1. The molecule has 6 nitrogen and oxygen atoms in total. The number of carbonyl (C=O) groups excluding carboxylic acids is 1. The average Bonchev–Trinajstić information content (AvgIpc) is 2.53. The van der Waals surface area contributed by atoms with Crippen molar-refractivity contribution in [1.29, 1.82) is 0 Å². The molecule has 0 amide bonds. The molecule has 2 N–H and O–H groups in total. The summed E-state index contributed by atoms with van der Waals surface area (Å²) >= 11 is 0. The minimum Gasteiger partial charge on any atom is -0.462 e. The SMILES string of the molecule is CCOC(=O)c1ccccc1Nc1nc(C)cc(NCC(C)C)n1. The Bertz CT molecular complexity index is 701. The van der Waals surface area contributed by atoms with Gasteiger partial charge in [0.1, 0.15) is 5.82 Å². The number of benzene rings is 1. The number of hydrogen-bond acceptors (Lipinski definition) is 6. The molecule has 0 spiro atoms. The summed E-state index contributed by atoms with van der Waals surface area (Å²) in [5.74, 6) is 1.35. The van der Waals surface area contributed by atoms with Crippen molar-refractivity contribution in [2.75, 3.05) is 23.8 Å². The van der Waals surface area contributed by atoms with E-state index < -0.39 is 0 Å². The zero-order valence-corrected chi connectivity index (χ0v) is 14.6. The molecule has 1 aromatic carbocycles. The number of hydrogen-bond donors (Lipinski definition) is 2. The van der Waals surface area contributed by atoms with E-state index in [1.807, 2.05) is 19.1 Å². The number of nitrogens with one attached hydrogen (secondary N) is 2. The van der Waals surface area contributed by atoms with Gasteiger partial charge in [-0.15, -0.1) is 0 Å². The topological polar surface area (TPSA) is 76.1 Å². The van der Waals surface area contributed by atoms with E-state index in [4.69, 9.17) is 4.74 Å². The number of anilines is 3. The number of aromatic nitrogens is 2. The fourth-order valence-corrected chi connectivity index (χ4v) is 2.12. The van der Waals surface area contributed by atoms with Gasteiger partial charge in [0.05, 0.1) is 17.9 Å². The quantitative estimate of drug-likeness (QED) is 0.753. The van der Waals surface area contributed by atoms with Gasteiger partial charge in [-0.05, 0) is 31.9 Å². The van der Waals surface area contributed by atoms with Gasteiger partial charge in [-0.3, -0.25) is 0 Å². The van der Waals surface area contributed by atoms with Crippen LogP contribution < -0.4 is 10.6 Å². The van der Waals surface area contributed by atoms with Crippen LogP contribution >= 0.6 is 0 Å². The van der Waals surface area contributed by atoms with Gasteiger partial charge in [0.15, 0.2) is 0 Å². The molecule has 0 unspecified atom stereocenters. The third-order valence-electron chi connectivity index (χ3n) is 3.21. The van der Waals surface area contributed by atoms with Crippen molar-refractivity contribution in [3.05, 3.63) is 41.6 Å². The Morgan fingerprint density at radius 2 is 2.00 bits per heavy atom. The van der Waals surface area contributed by atoms with E-state index in [1.165, 1.54) is 0 Å². The Hall–Kier alpha value is -2.63. The molecule has 2 aromatic rings. The molecule has 1 heterocycles. The molecular formula is C18H24N4O2. The summed E-state index contributed by atoms with van der Waals surface area (Å²) in [4.78, 5) is 20.9. The zero-order chi connectivity index (χ0) is 17.5. The van der Waals surface area contributed by atoms with E-state index >= 15 is 0 Å². The number of rotatable bonds is 7. The van der Waals surface area contributed by atoms with E-state index in [1.54, 1.807) is 25.1 Å². The van der Waals surface area contributed by atoms with Crippen LogP contribution in [-0.2, 0) is 4.74 Å². The first-order chi connectivity index (χ1) is 11.5. The van der Waals surface area contributed by atoms with Crippen LogP contribution in [-0.4, -0.2) is 29.1 Å². The zero-order valence-electron chi connectivity index (χ0n) is 14.6. The maximum absolute atomic E-state index is 12.1. The van der Waals surface area contributed by atoms with Crippen LogP contribution in [0.25, 0.3) is 0 Å². The summed E-state index contributed by atoms with van der Waals surface area (Å²) in [6, 6.07) is 9.06. The van der Waals surface area contributed by atoms with Gasteiger partial charge in [-0.1, -0.05) is 26.0 Å². The lowest BCUT2D eigenvalue weighted by Gasteiger charge is -2.13. The molecule has 0 radical (unpaired) electrons. The Labute approximate surface area is 142 Å². The third kappa shape index (κ3) is 4.94. The van der Waals surface area contributed by atoms with Gasteiger partial charge in [0.2, 0.25) is 5.95 Å². The monoisotopic (exact) mass is 328 g/mol. The molecule has 0 aliphatic rings. The van der Waals surface area contributed by atoms with Crippen molar-refractivity contribution in [2.45, 2.75) is 27.7 Å². The van der Waals surface area contributed by atoms with Crippen LogP contribution in [0.3, 0.4) is 0 Å². The molecule has 6 heteroatoms. The highest BCUT2D eigenvalue weighted by molar-refractivity contribution is 5.96. The van der Waals surface area contributed by atoms with Gasteiger partial charge in [-0.25, -0.2) is 9.78 Å². The smallest absolute Gasteiger partial charge is 0.340 e. The van der Waals surface area contributed by atoms with Crippen molar-refractivity contribution in [3.8, 4) is 0 Å². The second-order valence-electron chi connectivity index (χ2n) is 5.88. The Kier molecular flexibility index (Phi) is 6.12. The summed E-state index contributed by atoms with van der Waals surface area (Å²) in [7, 11) is 0. The first-order valence-electron chi connectivity index (χ1n) is 8.12. The molecule has 0 saturated heterocycles. The number of ether oxygens (including phenoxy) is 1. The van der Waals surface area contributed by atoms with Crippen molar-refractivity contribution >= 4 is 23.4 Å². The van der Waals surface area contributed by atoms with Gasteiger partial charge in [0.25, 0.3) is 0 Å². The lowest BCUT2D eigenvalue weighted by Crippen LogP contribution is -2.12. The van der Waals surface area contributed by atoms with Crippen LogP contribution in [0.15, 0.2) is 30.3 Å². The van der Waals surface area contributed by atoms with Crippen LogP contribution in [0.5, 0.6) is 0 Å². The second kappa shape index (κ2) is 8.29. The molecule has 0 saturated carbocycles. The number of esters is 1. The molecule has 128 valence electrons. The second-order valence-corrected chi connectivity index (χ2v) is 5.88. The largest absolute Gasteiger partial charge is 0.462 e. The fraction of sp³-hybridized carbons (Fsp3) is 0.389.